The Bertz CT molecular complexity index is 401. The van der Waals surface area contributed by atoms with E-state index in [0.29, 0.717) is 5.75 Å². The van der Waals surface area contributed by atoms with Crippen LogP contribution in [0.1, 0.15) is 12.0 Å². The molecular weight excluding hydrogens is 240 g/mol. The maximum Gasteiger partial charge on any atom is 0.119 e. The van der Waals surface area contributed by atoms with Gasteiger partial charge in [0.25, 0.3) is 0 Å². The van der Waals surface area contributed by atoms with E-state index in [1.807, 2.05) is 6.07 Å². The number of methoxy groups -OCH3 is 1. The third kappa shape index (κ3) is 4.11. The molecule has 1 aromatic rings. The lowest BCUT2D eigenvalue weighted by molar-refractivity contribution is 0.153. The zero-order chi connectivity index (χ0) is 13.7. The summed E-state index contributed by atoms with van der Waals surface area (Å²) in [6, 6.07) is 5.43. The summed E-state index contributed by atoms with van der Waals surface area (Å²) in [6.07, 6.45) is 1.97. The van der Waals surface area contributed by atoms with Gasteiger partial charge in [-0.1, -0.05) is 0 Å². The smallest absolute Gasteiger partial charge is 0.119 e. The summed E-state index contributed by atoms with van der Waals surface area (Å²) in [5.41, 5.74) is 0.980. The van der Waals surface area contributed by atoms with E-state index in [0.717, 1.165) is 56.9 Å². The zero-order valence-electron chi connectivity index (χ0n) is 11.9. The molecule has 0 unspecified atom stereocenters. The van der Waals surface area contributed by atoms with Crippen LogP contribution in [0.25, 0.3) is 0 Å². The number of phenolic OH excluding ortho intramolecular Hbond substituents is 1. The molecule has 4 nitrogen and oxygen atoms in total. The van der Waals surface area contributed by atoms with Gasteiger partial charge in [-0.05, 0) is 50.2 Å². The Morgan fingerprint density at radius 3 is 2.63 bits per heavy atom. The summed E-state index contributed by atoms with van der Waals surface area (Å²) in [5.74, 6) is 1.19. The highest BCUT2D eigenvalue weighted by molar-refractivity contribution is 5.39. The molecule has 0 aliphatic carbocycles. The monoisotopic (exact) mass is 264 g/mol. The zero-order valence-corrected chi connectivity index (χ0v) is 11.9. The number of benzene rings is 1. The second-order valence-corrected chi connectivity index (χ2v) is 5.24. The number of hydrogen-bond acceptors (Lipinski definition) is 4. The lowest BCUT2D eigenvalue weighted by Gasteiger charge is -2.32. The molecule has 1 N–H and O–H groups in total. The fourth-order valence-corrected chi connectivity index (χ4v) is 2.45. The minimum Gasteiger partial charge on any atom is -0.508 e. The standard InChI is InChI=1S/C15H24N2O2/c1-16-8-10-17(11-9-16)7-3-4-13-12-14(19-2)5-6-15(13)18/h5-6,12,18H,3-4,7-11H2,1-2H3. The maximum absolute atomic E-state index is 9.83. The molecule has 0 spiro atoms. The van der Waals surface area contributed by atoms with Crippen LogP contribution in [-0.4, -0.2) is 61.8 Å². The average Bonchev–Trinajstić information content (AvgIpc) is 2.43. The van der Waals surface area contributed by atoms with Crippen molar-refractivity contribution in [2.24, 2.45) is 0 Å². The second-order valence-electron chi connectivity index (χ2n) is 5.24. The van der Waals surface area contributed by atoms with Gasteiger partial charge in [-0.2, -0.15) is 0 Å². The lowest BCUT2D eigenvalue weighted by Crippen LogP contribution is -2.44. The first kappa shape index (κ1) is 14.2. The molecule has 106 valence electrons. The van der Waals surface area contributed by atoms with Gasteiger partial charge in [0.05, 0.1) is 7.11 Å². The average molecular weight is 264 g/mol. The van der Waals surface area contributed by atoms with Crippen molar-refractivity contribution >= 4 is 0 Å². The molecule has 19 heavy (non-hydrogen) atoms. The van der Waals surface area contributed by atoms with Crippen LogP contribution in [0.3, 0.4) is 0 Å². The minimum atomic E-state index is 0.374. The van der Waals surface area contributed by atoms with Crippen LogP contribution >= 0.6 is 0 Å². The van der Waals surface area contributed by atoms with Crippen LogP contribution in [0.5, 0.6) is 11.5 Å². The van der Waals surface area contributed by atoms with Crippen molar-refractivity contribution in [3.63, 3.8) is 0 Å². The number of phenols is 1. The highest BCUT2D eigenvalue weighted by atomic mass is 16.5. The van der Waals surface area contributed by atoms with Gasteiger partial charge in [0.2, 0.25) is 0 Å². The van der Waals surface area contributed by atoms with Gasteiger partial charge >= 0.3 is 0 Å². The molecule has 4 heteroatoms. The fourth-order valence-electron chi connectivity index (χ4n) is 2.45. The maximum atomic E-state index is 9.83. The number of piperazine rings is 1. The van der Waals surface area contributed by atoms with Crippen LogP contribution < -0.4 is 4.74 Å². The van der Waals surface area contributed by atoms with Gasteiger partial charge in [0, 0.05) is 26.2 Å². The molecule has 1 fully saturated rings. The van der Waals surface area contributed by atoms with E-state index in [1.165, 1.54) is 0 Å². The first-order valence-electron chi connectivity index (χ1n) is 6.96. The Morgan fingerprint density at radius 2 is 1.95 bits per heavy atom. The molecule has 1 aliphatic heterocycles. The number of rotatable bonds is 5. The number of ether oxygens (including phenoxy) is 1. The first-order valence-corrected chi connectivity index (χ1v) is 6.96. The van der Waals surface area contributed by atoms with Crippen molar-refractivity contribution in [1.29, 1.82) is 0 Å². The molecule has 2 rings (SSSR count). The molecule has 1 aromatic carbocycles. The number of nitrogens with zero attached hydrogens (tertiary/aromatic N) is 2. The van der Waals surface area contributed by atoms with Crippen molar-refractivity contribution in [2.75, 3.05) is 46.9 Å². The van der Waals surface area contributed by atoms with Crippen LogP contribution in [0, 0.1) is 0 Å². The summed E-state index contributed by atoms with van der Waals surface area (Å²) in [7, 11) is 3.83. The second kappa shape index (κ2) is 6.78. The van der Waals surface area contributed by atoms with E-state index in [2.05, 4.69) is 16.8 Å². The molecule has 0 amide bonds. The van der Waals surface area contributed by atoms with E-state index in [-0.39, 0.29) is 0 Å². The third-order valence-corrected chi connectivity index (χ3v) is 3.80. The van der Waals surface area contributed by atoms with E-state index in [9.17, 15) is 5.11 Å². The number of aryl methyl sites for hydroxylation is 1. The molecule has 0 radical (unpaired) electrons. The van der Waals surface area contributed by atoms with Gasteiger partial charge in [-0.3, -0.25) is 0 Å². The topological polar surface area (TPSA) is 35.9 Å². The Hall–Kier alpha value is -1.26. The Morgan fingerprint density at radius 1 is 1.21 bits per heavy atom. The molecular formula is C15H24N2O2. The Kier molecular flexibility index (Phi) is 5.05. The molecule has 1 heterocycles. The van der Waals surface area contributed by atoms with E-state index >= 15 is 0 Å². The molecule has 0 bridgehead atoms. The minimum absolute atomic E-state index is 0.374. The van der Waals surface area contributed by atoms with Crippen LogP contribution in [-0.2, 0) is 6.42 Å². The number of hydrogen-bond donors (Lipinski definition) is 1. The predicted octanol–water partition coefficient (Wildman–Crippen LogP) is 1.58. The molecule has 0 saturated carbocycles. The fraction of sp³-hybridized carbons (Fsp3) is 0.600. The first-order chi connectivity index (χ1) is 9.19. The van der Waals surface area contributed by atoms with Crippen molar-refractivity contribution in [3.05, 3.63) is 23.8 Å². The van der Waals surface area contributed by atoms with Gasteiger partial charge in [-0.25, -0.2) is 0 Å². The normalized spacial score (nSPS) is 17.6. The van der Waals surface area contributed by atoms with Gasteiger partial charge in [-0.15, -0.1) is 0 Å². The van der Waals surface area contributed by atoms with Crippen molar-refractivity contribution in [3.8, 4) is 11.5 Å². The lowest BCUT2D eigenvalue weighted by atomic mass is 10.1. The highest BCUT2D eigenvalue weighted by Gasteiger charge is 2.13. The quantitative estimate of drug-likeness (QED) is 0.876. The van der Waals surface area contributed by atoms with Crippen LogP contribution in [0.15, 0.2) is 18.2 Å². The summed E-state index contributed by atoms with van der Waals surface area (Å²) in [6.45, 7) is 5.72. The Balaban J connectivity index is 1.79. The summed E-state index contributed by atoms with van der Waals surface area (Å²) in [4.78, 5) is 4.86. The van der Waals surface area contributed by atoms with Crippen molar-refractivity contribution in [1.82, 2.24) is 9.80 Å². The van der Waals surface area contributed by atoms with Gasteiger partial charge < -0.3 is 19.6 Å². The molecule has 0 aromatic heterocycles. The number of likely N-dealkylation sites (N-methyl/N-ethyl adjacent to an activating group) is 1. The van der Waals surface area contributed by atoms with E-state index in [1.54, 1.807) is 19.2 Å². The molecule has 1 saturated heterocycles. The molecule has 0 atom stereocenters. The van der Waals surface area contributed by atoms with Crippen molar-refractivity contribution < 1.29 is 9.84 Å². The SMILES string of the molecule is COc1ccc(O)c(CCCN2CCN(C)CC2)c1. The van der Waals surface area contributed by atoms with E-state index < -0.39 is 0 Å². The summed E-state index contributed by atoms with van der Waals surface area (Å²) >= 11 is 0. The Labute approximate surface area is 115 Å². The largest absolute Gasteiger partial charge is 0.508 e. The van der Waals surface area contributed by atoms with Gasteiger partial charge in [0.15, 0.2) is 0 Å². The summed E-state index contributed by atoms with van der Waals surface area (Å²) < 4.78 is 5.19. The van der Waals surface area contributed by atoms with Crippen LogP contribution in [0.2, 0.25) is 0 Å². The highest BCUT2D eigenvalue weighted by Crippen LogP contribution is 2.24. The summed E-state index contributed by atoms with van der Waals surface area (Å²) in [5, 5.41) is 9.83. The molecule has 1 aliphatic rings. The predicted molar refractivity (Wildman–Crippen MR) is 76.9 cm³/mol. The van der Waals surface area contributed by atoms with Crippen molar-refractivity contribution in [2.45, 2.75) is 12.8 Å². The van der Waals surface area contributed by atoms with Gasteiger partial charge in [0.1, 0.15) is 11.5 Å². The van der Waals surface area contributed by atoms with E-state index in [4.69, 9.17) is 4.74 Å². The third-order valence-electron chi connectivity index (χ3n) is 3.80. The number of aromatic hydroxyl groups is 1. The van der Waals surface area contributed by atoms with Crippen LogP contribution in [0.4, 0.5) is 0 Å².